The second kappa shape index (κ2) is 10.5. The average Bonchev–Trinajstić information content (AvgIpc) is 2.67. The summed E-state index contributed by atoms with van der Waals surface area (Å²) in [4.78, 5) is 30.0. The number of ketones is 1. The third kappa shape index (κ3) is 6.89. The number of nitrogens with zero attached hydrogens (tertiary/aromatic N) is 1. The lowest BCUT2D eigenvalue weighted by Crippen LogP contribution is -2.41. The Bertz CT molecular complexity index is 869. The maximum Gasteiger partial charge on any atom is 0.357 e. The fourth-order valence-electron chi connectivity index (χ4n) is 3.27. The molecule has 0 spiro atoms. The first kappa shape index (κ1) is 24.5. The molecule has 0 N–H and O–H groups in total. The van der Waals surface area contributed by atoms with Crippen LogP contribution in [-0.4, -0.2) is 42.6 Å². The maximum absolute atomic E-state index is 12.4. The highest BCUT2D eigenvalue weighted by atomic mass is 127. The predicted molar refractivity (Wildman–Crippen MR) is 126 cm³/mol. The van der Waals surface area contributed by atoms with Gasteiger partial charge in [0.15, 0.2) is 0 Å². The quantitative estimate of drug-likeness (QED) is 0.323. The van der Waals surface area contributed by atoms with Gasteiger partial charge in [0.1, 0.15) is 5.78 Å². The van der Waals surface area contributed by atoms with Gasteiger partial charge >= 0.3 is 5.97 Å². The number of carbonyl (C=O) groups is 2. The van der Waals surface area contributed by atoms with E-state index in [-0.39, 0.29) is 5.78 Å². The lowest BCUT2D eigenvalue weighted by molar-refractivity contribution is -0.142. The van der Waals surface area contributed by atoms with Crippen molar-refractivity contribution in [2.75, 3.05) is 20.2 Å². The molecule has 162 valence electrons. The molecule has 5 nitrogen and oxygen atoms in total. The van der Waals surface area contributed by atoms with Crippen molar-refractivity contribution in [1.82, 2.24) is 5.06 Å². The van der Waals surface area contributed by atoms with Crippen LogP contribution in [-0.2, 0) is 19.8 Å². The van der Waals surface area contributed by atoms with Crippen molar-refractivity contribution in [3.05, 3.63) is 69.3 Å². The molecule has 2 aromatic rings. The second-order valence-corrected chi connectivity index (χ2v) is 9.53. The predicted octanol–water partition coefficient (Wildman–Crippen LogP) is 5.03. The zero-order valence-electron chi connectivity index (χ0n) is 18.3. The molecule has 0 bridgehead atoms. The summed E-state index contributed by atoms with van der Waals surface area (Å²) in [7, 11) is 1.71. The van der Waals surface area contributed by atoms with Crippen molar-refractivity contribution < 1.29 is 19.2 Å². The maximum atomic E-state index is 12.4. The minimum atomic E-state index is -0.608. The van der Waals surface area contributed by atoms with Gasteiger partial charge in [0.25, 0.3) is 0 Å². The molecule has 2 aromatic carbocycles. The number of halogens is 1. The summed E-state index contributed by atoms with van der Waals surface area (Å²) >= 11 is 2.26. The molecule has 30 heavy (non-hydrogen) atoms. The molecule has 0 aliphatic carbocycles. The van der Waals surface area contributed by atoms with Crippen molar-refractivity contribution in [3.63, 3.8) is 0 Å². The van der Waals surface area contributed by atoms with Crippen LogP contribution in [0.4, 0.5) is 0 Å². The molecule has 0 saturated heterocycles. The molecule has 0 radical (unpaired) electrons. The number of carbonyl (C=O) groups excluding carboxylic acids is 2. The molecule has 6 heteroatoms. The lowest BCUT2D eigenvalue weighted by atomic mass is 9.76. The van der Waals surface area contributed by atoms with Gasteiger partial charge in [-0.15, -0.1) is 5.06 Å². The highest BCUT2D eigenvalue weighted by molar-refractivity contribution is 14.1. The fourth-order valence-corrected chi connectivity index (χ4v) is 3.81. The monoisotopic (exact) mass is 523 g/mol. The van der Waals surface area contributed by atoms with E-state index in [1.165, 1.54) is 5.06 Å². The van der Waals surface area contributed by atoms with Gasteiger partial charge < -0.3 is 9.57 Å². The minimum Gasteiger partial charge on any atom is -0.374 e. The zero-order valence-corrected chi connectivity index (χ0v) is 20.4. The second-order valence-electron chi connectivity index (χ2n) is 8.29. The zero-order chi connectivity index (χ0) is 22.4. The van der Waals surface area contributed by atoms with Crippen LogP contribution in [0.1, 0.15) is 50.0 Å². The molecule has 0 fully saturated rings. The largest absolute Gasteiger partial charge is 0.374 e. The summed E-state index contributed by atoms with van der Waals surface area (Å²) in [5.41, 5.74) is 0.326. The number of Topliss-reactive ketones (excluding diaryl/α,β-unsaturated/α-hetero) is 1. The van der Waals surface area contributed by atoms with Crippen LogP contribution < -0.4 is 0 Å². The van der Waals surface area contributed by atoms with E-state index in [9.17, 15) is 9.59 Å². The molecule has 1 unspecified atom stereocenters. The van der Waals surface area contributed by atoms with Gasteiger partial charge in [0.05, 0.1) is 23.1 Å². The first-order chi connectivity index (χ1) is 14.0. The molecule has 0 aliphatic rings. The van der Waals surface area contributed by atoms with Crippen LogP contribution in [0.2, 0.25) is 0 Å². The van der Waals surface area contributed by atoms with Gasteiger partial charge in [-0.3, -0.25) is 4.79 Å². The number of benzene rings is 2. The van der Waals surface area contributed by atoms with Crippen LogP contribution in [0.25, 0.3) is 0 Å². The van der Waals surface area contributed by atoms with Gasteiger partial charge in [0.2, 0.25) is 0 Å². The minimum absolute atomic E-state index is 0.111. The van der Waals surface area contributed by atoms with E-state index in [0.29, 0.717) is 25.1 Å². The third-order valence-electron chi connectivity index (χ3n) is 5.19. The summed E-state index contributed by atoms with van der Waals surface area (Å²) in [6, 6.07) is 16.9. The SMILES string of the molecule is CC(=O)C(C)(CCOC(C)(C)CN(C)OC(=O)c1ccccc1)c1cccc(I)c1. The average molecular weight is 523 g/mol. The molecule has 0 heterocycles. The number of hydrogen-bond donors (Lipinski definition) is 0. The van der Waals surface area contributed by atoms with Crippen LogP contribution in [0.3, 0.4) is 0 Å². The summed E-state index contributed by atoms with van der Waals surface area (Å²) < 4.78 is 7.20. The Morgan fingerprint density at radius 3 is 2.30 bits per heavy atom. The van der Waals surface area contributed by atoms with Crippen LogP contribution in [0.15, 0.2) is 54.6 Å². The summed E-state index contributed by atoms with van der Waals surface area (Å²) in [6.45, 7) is 8.28. The van der Waals surface area contributed by atoms with E-state index in [4.69, 9.17) is 9.57 Å². The Labute approximate surface area is 192 Å². The topological polar surface area (TPSA) is 55.8 Å². The van der Waals surface area contributed by atoms with Crippen molar-refractivity contribution in [2.24, 2.45) is 0 Å². The highest BCUT2D eigenvalue weighted by Crippen LogP contribution is 2.30. The van der Waals surface area contributed by atoms with Crippen LogP contribution in [0, 0.1) is 3.57 Å². The number of hydrogen-bond acceptors (Lipinski definition) is 5. The Hall–Kier alpha value is -1.77. The van der Waals surface area contributed by atoms with Crippen molar-refractivity contribution >= 4 is 34.3 Å². The Morgan fingerprint density at radius 1 is 1.03 bits per heavy atom. The Balaban J connectivity index is 1.93. The van der Waals surface area contributed by atoms with Gasteiger partial charge in [-0.2, -0.15) is 0 Å². The number of ether oxygens (including phenoxy) is 1. The fraction of sp³-hybridized carbons (Fsp3) is 0.417. The first-order valence-corrected chi connectivity index (χ1v) is 11.0. The lowest BCUT2D eigenvalue weighted by Gasteiger charge is -2.32. The van der Waals surface area contributed by atoms with Crippen molar-refractivity contribution in [1.29, 1.82) is 0 Å². The number of hydroxylamine groups is 2. The molecule has 0 amide bonds. The van der Waals surface area contributed by atoms with Gasteiger partial charge in [-0.25, -0.2) is 4.79 Å². The number of rotatable bonds is 10. The highest BCUT2D eigenvalue weighted by Gasteiger charge is 2.33. The Kier molecular flexibility index (Phi) is 8.58. The van der Waals surface area contributed by atoms with E-state index in [1.807, 2.05) is 51.1 Å². The Morgan fingerprint density at radius 2 is 1.70 bits per heavy atom. The molecular weight excluding hydrogens is 493 g/mol. The van der Waals surface area contributed by atoms with Crippen LogP contribution >= 0.6 is 22.6 Å². The van der Waals surface area contributed by atoms with Gasteiger partial charge in [-0.05, 0) is 86.5 Å². The van der Waals surface area contributed by atoms with E-state index in [1.54, 1.807) is 38.2 Å². The summed E-state index contributed by atoms with van der Waals surface area (Å²) in [5.74, 6) is -0.295. The molecule has 0 saturated carbocycles. The van der Waals surface area contributed by atoms with E-state index >= 15 is 0 Å². The molecule has 2 rings (SSSR count). The molecular formula is C24H30INO4. The number of likely N-dealkylation sites (N-methyl/N-ethyl adjacent to an activating group) is 1. The van der Waals surface area contributed by atoms with Gasteiger partial charge in [0, 0.05) is 17.2 Å². The van der Waals surface area contributed by atoms with E-state index < -0.39 is 17.0 Å². The smallest absolute Gasteiger partial charge is 0.357 e. The van der Waals surface area contributed by atoms with Gasteiger partial charge in [-0.1, -0.05) is 30.3 Å². The molecule has 0 aliphatic heterocycles. The summed E-state index contributed by atoms with van der Waals surface area (Å²) in [6.07, 6.45) is 0.569. The molecule has 1 atom stereocenters. The first-order valence-electron chi connectivity index (χ1n) is 9.93. The third-order valence-corrected chi connectivity index (χ3v) is 5.86. The van der Waals surface area contributed by atoms with Crippen molar-refractivity contribution in [2.45, 2.75) is 45.1 Å². The van der Waals surface area contributed by atoms with E-state index in [0.717, 1.165) is 9.13 Å². The van der Waals surface area contributed by atoms with E-state index in [2.05, 4.69) is 22.6 Å². The summed E-state index contributed by atoms with van der Waals surface area (Å²) in [5, 5.41) is 1.49. The van der Waals surface area contributed by atoms with Crippen molar-refractivity contribution in [3.8, 4) is 0 Å². The molecule has 0 aromatic heterocycles. The standard InChI is InChI=1S/C24H30INO4/c1-18(27)24(4,20-12-9-13-21(25)16-20)14-15-29-23(2,3)17-26(5)30-22(28)19-10-7-6-8-11-19/h6-13,16H,14-15,17H2,1-5H3. The van der Waals surface area contributed by atoms with Crippen LogP contribution in [0.5, 0.6) is 0 Å². The normalized spacial score (nSPS) is 13.7.